The topological polar surface area (TPSA) is 52.5 Å². The minimum atomic E-state index is 0.184. The second kappa shape index (κ2) is 5.51. The minimum absolute atomic E-state index is 0.184. The summed E-state index contributed by atoms with van der Waals surface area (Å²) < 4.78 is 0. The number of hydrogen-bond acceptors (Lipinski definition) is 3. The van der Waals surface area contributed by atoms with Crippen LogP contribution in [0.15, 0.2) is 12.1 Å². The predicted octanol–water partition coefficient (Wildman–Crippen LogP) is 2.86. The lowest BCUT2D eigenvalue weighted by atomic mass is 9.97. The third kappa shape index (κ3) is 2.63. The Labute approximate surface area is 115 Å². The molecule has 1 aliphatic rings. The SMILES string of the molecule is Cc1ccc(O)c2c1C(C)CC2NC(C)C(C)CO. The fourth-order valence-electron chi connectivity index (χ4n) is 3.13. The summed E-state index contributed by atoms with van der Waals surface area (Å²) in [5.74, 6) is 1.08. The van der Waals surface area contributed by atoms with Crippen molar-refractivity contribution in [1.82, 2.24) is 5.32 Å². The van der Waals surface area contributed by atoms with Crippen LogP contribution in [0.1, 0.15) is 55.8 Å². The highest BCUT2D eigenvalue weighted by Gasteiger charge is 2.33. The lowest BCUT2D eigenvalue weighted by Crippen LogP contribution is -2.36. The minimum Gasteiger partial charge on any atom is -0.508 e. The number of nitrogens with one attached hydrogen (secondary N) is 1. The molecule has 3 nitrogen and oxygen atoms in total. The predicted molar refractivity (Wildman–Crippen MR) is 77.5 cm³/mol. The van der Waals surface area contributed by atoms with Crippen LogP contribution in [-0.2, 0) is 0 Å². The van der Waals surface area contributed by atoms with Gasteiger partial charge in [-0.2, -0.15) is 0 Å². The van der Waals surface area contributed by atoms with Gasteiger partial charge >= 0.3 is 0 Å². The fraction of sp³-hybridized carbons (Fsp3) is 0.625. The highest BCUT2D eigenvalue weighted by atomic mass is 16.3. The smallest absolute Gasteiger partial charge is 0.120 e. The first-order valence-electron chi connectivity index (χ1n) is 7.15. The van der Waals surface area contributed by atoms with Crippen molar-refractivity contribution in [3.8, 4) is 5.75 Å². The second-order valence-corrected chi connectivity index (χ2v) is 6.03. The number of benzene rings is 1. The van der Waals surface area contributed by atoms with E-state index < -0.39 is 0 Å². The molecule has 0 bridgehead atoms. The molecule has 0 saturated carbocycles. The molecule has 0 radical (unpaired) electrons. The van der Waals surface area contributed by atoms with Crippen LogP contribution in [0.25, 0.3) is 0 Å². The van der Waals surface area contributed by atoms with Crippen LogP contribution in [0.3, 0.4) is 0 Å². The Balaban J connectivity index is 2.27. The number of aryl methyl sites for hydroxylation is 1. The summed E-state index contributed by atoms with van der Waals surface area (Å²) in [6.45, 7) is 8.64. The first-order valence-corrected chi connectivity index (χ1v) is 7.15. The molecule has 4 atom stereocenters. The third-order valence-corrected chi connectivity index (χ3v) is 4.52. The molecule has 0 aliphatic heterocycles. The maximum Gasteiger partial charge on any atom is 0.120 e. The van der Waals surface area contributed by atoms with Gasteiger partial charge in [0, 0.05) is 24.3 Å². The van der Waals surface area contributed by atoms with Crippen molar-refractivity contribution >= 4 is 0 Å². The summed E-state index contributed by atoms with van der Waals surface area (Å²) in [6, 6.07) is 4.20. The van der Waals surface area contributed by atoms with Crippen molar-refractivity contribution in [1.29, 1.82) is 0 Å². The molecule has 3 N–H and O–H groups in total. The molecule has 0 spiro atoms. The van der Waals surface area contributed by atoms with E-state index >= 15 is 0 Å². The van der Waals surface area contributed by atoms with Crippen molar-refractivity contribution in [3.63, 3.8) is 0 Å². The van der Waals surface area contributed by atoms with Gasteiger partial charge in [-0.15, -0.1) is 0 Å². The Morgan fingerprint density at radius 3 is 2.63 bits per heavy atom. The molecular formula is C16H25NO2. The van der Waals surface area contributed by atoms with Crippen LogP contribution >= 0.6 is 0 Å². The molecular weight excluding hydrogens is 238 g/mol. The number of aliphatic hydroxyl groups is 1. The molecule has 19 heavy (non-hydrogen) atoms. The molecule has 0 heterocycles. The molecule has 0 fully saturated rings. The van der Waals surface area contributed by atoms with Crippen LogP contribution in [-0.4, -0.2) is 22.9 Å². The van der Waals surface area contributed by atoms with Gasteiger partial charge in [0.25, 0.3) is 0 Å². The van der Waals surface area contributed by atoms with E-state index in [0.717, 1.165) is 12.0 Å². The lowest BCUT2D eigenvalue weighted by molar-refractivity contribution is 0.200. The van der Waals surface area contributed by atoms with Crippen molar-refractivity contribution in [2.45, 2.75) is 52.1 Å². The highest BCUT2D eigenvalue weighted by molar-refractivity contribution is 5.50. The van der Waals surface area contributed by atoms with E-state index in [0.29, 0.717) is 11.7 Å². The maximum atomic E-state index is 10.2. The first-order chi connectivity index (χ1) is 8.95. The van der Waals surface area contributed by atoms with Crippen molar-refractivity contribution < 1.29 is 10.2 Å². The standard InChI is InChI=1S/C16H25NO2/c1-9-5-6-14(19)16-13(7-10(2)15(9)16)17-12(4)11(3)8-18/h5-6,10-13,17-19H,7-8H2,1-4H3. The molecule has 0 aromatic heterocycles. The Hall–Kier alpha value is -1.06. The molecule has 2 rings (SSSR count). The van der Waals surface area contributed by atoms with Crippen LogP contribution in [0, 0.1) is 12.8 Å². The molecule has 3 heteroatoms. The first kappa shape index (κ1) is 14.4. The maximum absolute atomic E-state index is 10.2. The van der Waals surface area contributed by atoms with Crippen LogP contribution in [0.5, 0.6) is 5.75 Å². The monoisotopic (exact) mass is 263 g/mol. The molecule has 1 aliphatic carbocycles. The van der Waals surface area contributed by atoms with Crippen molar-refractivity contribution in [2.75, 3.05) is 6.61 Å². The quantitative estimate of drug-likeness (QED) is 0.783. The van der Waals surface area contributed by atoms with Gasteiger partial charge in [-0.3, -0.25) is 0 Å². The Bertz CT molecular complexity index is 458. The van der Waals surface area contributed by atoms with Gasteiger partial charge in [0.1, 0.15) is 5.75 Å². The number of aliphatic hydroxyl groups excluding tert-OH is 1. The van der Waals surface area contributed by atoms with Crippen molar-refractivity contribution in [3.05, 3.63) is 28.8 Å². The number of hydrogen-bond donors (Lipinski definition) is 3. The average Bonchev–Trinajstić information content (AvgIpc) is 2.71. The molecule has 106 valence electrons. The van der Waals surface area contributed by atoms with Gasteiger partial charge in [0.05, 0.1) is 0 Å². The number of rotatable bonds is 4. The lowest BCUT2D eigenvalue weighted by Gasteiger charge is -2.25. The van der Waals surface area contributed by atoms with E-state index in [-0.39, 0.29) is 24.6 Å². The van der Waals surface area contributed by atoms with E-state index in [1.165, 1.54) is 11.1 Å². The molecule has 0 amide bonds. The number of phenolic OH excluding ortho intramolecular Hbond substituents is 1. The molecule has 1 aromatic carbocycles. The zero-order chi connectivity index (χ0) is 14.2. The molecule has 1 aromatic rings. The fourth-order valence-corrected chi connectivity index (χ4v) is 3.13. The summed E-state index contributed by atoms with van der Waals surface area (Å²) in [4.78, 5) is 0. The van der Waals surface area contributed by atoms with Crippen LogP contribution < -0.4 is 5.32 Å². The van der Waals surface area contributed by atoms with Crippen molar-refractivity contribution in [2.24, 2.45) is 5.92 Å². The van der Waals surface area contributed by atoms with E-state index in [1.54, 1.807) is 6.07 Å². The summed E-state index contributed by atoms with van der Waals surface area (Å²) in [6.07, 6.45) is 1.01. The summed E-state index contributed by atoms with van der Waals surface area (Å²) in [7, 11) is 0. The van der Waals surface area contributed by atoms with Crippen LogP contribution in [0.4, 0.5) is 0 Å². The number of fused-ring (bicyclic) bond motifs is 1. The van der Waals surface area contributed by atoms with Gasteiger partial charge in [-0.1, -0.05) is 19.9 Å². The van der Waals surface area contributed by atoms with Crippen LogP contribution in [0.2, 0.25) is 0 Å². The number of aromatic hydroxyl groups is 1. The van der Waals surface area contributed by atoms with E-state index in [4.69, 9.17) is 0 Å². The van der Waals surface area contributed by atoms with E-state index in [9.17, 15) is 10.2 Å². The average molecular weight is 263 g/mol. The Morgan fingerprint density at radius 2 is 2.00 bits per heavy atom. The number of phenols is 1. The zero-order valence-electron chi connectivity index (χ0n) is 12.3. The second-order valence-electron chi connectivity index (χ2n) is 6.03. The highest BCUT2D eigenvalue weighted by Crippen LogP contribution is 2.46. The molecule has 0 saturated heterocycles. The van der Waals surface area contributed by atoms with Gasteiger partial charge in [0.2, 0.25) is 0 Å². The Kier molecular flexibility index (Phi) is 4.16. The summed E-state index contributed by atoms with van der Waals surface area (Å²) in [5.41, 5.74) is 3.61. The summed E-state index contributed by atoms with van der Waals surface area (Å²) >= 11 is 0. The zero-order valence-corrected chi connectivity index (χ0v) is 12.3. The van der Waals surface area contributed by atoms with Gasteiger partial charge in [0.15, 0.2) is 0 Å². The van der Waals surface area contributed by atoms with Gasteiger partial charge < -0.3 is 15.5 Å². The summed E-state index contributed by atoms with van der Waals surface area (Å²) in [5, 5.41) is 23.0. The van der Waals surface area contributed by atoms with Gasteiger partial charge in [-0.05, 0) is 49.3 Å². The normalized spacial score (nSPS) is 25.1. The van der Waals surface area contributed by atoms with Gasteiger partial charge in [-0.25, -0.2) is 0 Å². The Morgan fingerprint density at radius 1 is 1.32 bits per heavy atom. The molecule has 4 unspecified atom stereocenters. The van der Waals surface area contributed by atoms with E-state index in [2.05, 4.69) is 26.1 Å². The third-order valence-electron chi connectivity index (χ3n) is 4.52. The van der Waals surface area contributed by atoms with E-state index in [1.807, 2.05) is 13.0 Å². The largest absolute Gasteiger partial charge is 0.508 e.